The van der Waals surface area contributed by atoms with Crippen LogP contribution in [0, 0.1) is 5.82 Å². The second-order valence-corrected chi connectivity index (χ2v) is 5.75. The molecule has 1 amide bonds. The Kier molecular flexibility index (Phi) is 4.81. The summed E-state index contributed by atoms with van der Waals surface area (Å²) in [6.07, 6.45) is 0.232. The number of ether oxygens (including phenoxy) is 1. The SMILES string of the molecule is COc1ccc(CC(=O)Nc2nc(-c3ccc(F)cc3)ns2)cc1. The molecular weight excluding hydrogens is 329 g/mol. The summed E-state index contributed by atoms with van der Waals surface area (Å²) in [4.78, 5) is 16.3. The van der Waals surface area contributed by atoms with E-state index in [1.807, 2.05) is 12.1 Å². The summed E-state index contributed by atoms with van der Waals surface area (Å²) in [5.41, 5.74) is 1.57. The van der Waals surface area contributed by atoms with E-state index in [0.29, 0.717) is 16.5 Å². The lowest BCUT2D eigenvalue weighted by Crippen LogP contribution is -2.14. The van der Waals surface area contributed by atoms with Crippen molar-refractivity contribution in [2.24, 2.45) is 0 Å². The van der Waals surface area contributed by atoms with Crippen LogP contribution in [-0.4, -0.2) is 22.4 Å². The summed E-state index contributed by atoms with van der Waals surface area (Å²) >= 11 is 1.09. The van der Waals surface area contributed by atoms with E-state index < -0.39 is 0 Å². The van der Waals surface area contributed by atoms with Crippen molar-refractivity contribution in [2.45, 2.75) is 6.42 Å². The summed E-state index contributed by atoms with van der Waals surface area (Å²) in [6, 6.07) is 13.2. The summed E-state index contributed by atoms with van der Waals surface area (Å²) in [6.45, 7) is 0. The van der Waals surface area contributed by atoms with E-state index in [1.54, 1.807) is 31.4 Å². The van der Waals surface area contributed by atoms with Gasteiger partial charge in [-0.3, -0.25) is 4.79 Å². The van der Waals surface area contributed by atoms with E-state index in [2.05, 4.69) is 14.7 Å². The van der Waals surface area contributed by atoms with E-state index >= 15 is 0 Å². The van der Waals surface area contributed by atoms with Gasteiger partial charge in [-0.25, -0.2) is 4.39 Å². The predicted octanol–water partition coefficient (Wildman–Crippen LogP) is 3.53. The Morgan fingerprint density at radius 2 is 1.88 bits per heavy atom. The first kappa shape index (κ1) is 16.1. The third-order valence-corrected chi connectivity index (χ3v) is 3.93. The second-order valence-electron chi connectivity index (χ2n) is 5.00. The van der Waals surface area contributed by atoms with Gasteiger partial charge in [0.25, 0.3) is 0 Å². The van der Waals surface area contributed by atoms with Crippen molar-refractivity contribution in [3.05, 3.63) is 59.9 Å². The summed E-state index contributed by atoms with van der Waals surface area (Å²) < 4.78 is 22.2. The van der Waals surface area contributed by atoms with Gasteiger partial charge in [0.15, 0.2) is 5.82 Å². The molecule has 0 fully saturated rings. The van der Waals surface area contributed by atoms with E-state index in [1.165, 1.54) is 12.1 Å². The van der Waals surface area contributed by atoms with Crippen LogP contribution in [0.3, 0.4) is 0 Å². The number of rotatable bonds is 5. The lowest BCUT2D eigenvalue weighted by Gasteiger charge is -2.03. The van der Waals surface area contributed by atoms with Crippen molar-refractivity contribution < 1.29 is 13.9 Å². The molecule has 0 saturated carbocycles. The van der Waals surface area contributed by atoms with Crippen LogP contribution in [0.5, 0.6) is 5.75 Å². The number of benzene rings is 2. The van der Waals surface area contributed by atoms with Crippen LogP contribution >= 0.6 is 11.5 Å². The van der Waals surface area contributed by atoms with Crippen LogP contribution in [-0.2, 0) is 11.2 Å². The van der Waals surface area contributed by atoms with Crippen molar-refractivity contribution in [2.75, 3.05) is 12.4 Å². The fraction of sp³-hybridized carbons (Fsp3) is 0.118. The van der Waals surface area contributed by atoms with Gasteiger partial charge in [0, 0.05) is 17.1 Å². The van der Waals surface area contributed by atoms with Gasteiger partial charge in [0.05, 0.1) is 13.5 Å². The van der Waals surface area contributed by atoms with Crippen LogP contribution < -0.4 is 10.1 Å². The summed E-state index contributed by atoms with van der Waals surface area (Å²) in [5, 5.41) is 3.13. The molecule has 24 heavy (non-hydrogen) atoms. The van der Waals surface area contributed by atoms with Crippen LogP contribution in [0.1, 0.15) is 5.56 Å². The average Bonchev–Trinajstić information content (AvgIpc) is 3.04. The van der Waals surface area contributed by atoms with Gasteiger partial charge < -0.3 is 10.1 Å². The normalized spacial score (nSPS) is 10.4. The highest BCUT2D eigenvalue weighted by atomic mass is 32.1. The molecule has 3 aromatic rings. The molecule has 0 unspecified atom stereocenters. The van der Waals surface area contributed by atoms with E-state index in [-0.39, 0.29) is 18.1 Å². The molecule has 0 atom stereocenters. The Bertz CT molecular complexity index is 832. The highest BCUT2D eigenvalue weighted by Crippen LogP contribution is 2.21. The first-order valence-electron chi connectivity index (χ1n) is 7.16. The molecule has 0 saturated heterocycles. The van der Waals surface area contributed by atoms with E-state index in [0.717, 1.165) is 22.8 Å². The molecule has 0 spiro atoms. The average molecular weight is 343 g/mol. The highest BCUT2D eigenvalue weighted by Gasteiger charge is 2.10. The zero-order valence-corrected chi connectivity index (χ0v) is 13.6. The molecule has 1 N–H and O–H groups in total. The number of hydrogen-bond acceptors (Lipinski definition) is 5. The van der Waals surface area contributed by atoms with Gasteiger partial charge in [-0.15, -0.1) is 0 Å². The fourth-order valence-electron chi connectivity index (χ4n) is 2.08. The summed E-state index contributed by atoms with van der Waals surface area (Å²) in [7, 11) is 1.59. The minimum atomic E-state index is -0.318. The van der Waals surface area contributed by atoms with Crippen LogP contribution in [0.4, 0.5) is 9.52 Å². The van der Waals surface area contributed by atoms with Crippen molar-refractivity contribution >= 4 is 22.6 Å². The first-order chi connectivity index (χ1) is 11.6. The number of hydrogen-bond donors (Lipinski definition) is 1. The topological polar surface area (TPSA) is 64.1 Å². The molecule has 0 bridgehead atoms. The smallest absolute Gasteiger partial charge is 0.230 e. The van der Waals surface area contributed by atoms with Crippen molar-refractivity contribution in [3.63, 3.8) is 0 Å². The number of amides is 1. The van der Waals surface area contributed by atoms with E-state index in [4.69, 9.17) is 4.74 Å². The van der Waals surface area contributed by atoms with Gasteiger partial charge in [0.1, 0.15) is 11.6 Å². The number of methoxy groups -OCH3 is 1. The Balaban J connectivity index is 1.63. The third kappa shape index (κ3) is 3.94. The van der Waals surface area contributed by atoms with Crippen LogP contribution in [0.15, 0.2) is 48.5 Å². The van der Waals surface area contributed by atoms with Gasteiger partial charge in [-0.05, 0) is 42.0 Å². The van der Waals surface area contributed by atoms with Gasteiger partial charge in [-0.1, -0.05) is 12.1 Å². The molecule has 0 radical (unpaired) electrons. The lowest BCUT2D eigenvalue weighted by atomic mass is 10.1. The molecule has 1 aromatic heterocycles. The number of nitrogens with one attached hydrogen (secondary N) is 1. The number of anilines is 1. The Morgan fingerprint density at radius 1 is 1.17 bits per heavy atom. The van der Waals surface area contributed by atoms with Gasteiger partial charge >= 0.3 is 0 Å². The monoisotopic (exact) mass is 343 g/mol. The highest BCUT2D eigenvalue weighted by molar-refractivity contribution is 7.10. The number of halogens is 1. The Labute approximate surface area is 142 Å². The van der Waals surface area contributed by atoms with Crippen LogP contribution in [0.25, 0.3) is 11.4 Å². The number of nitrogens with zero attached hydrogens (tertiary/aromatic N) is 2. The molecule has 5 nitrogen and oxygen atoms in total. The number of carbonyl (C=O) groups is 1. The minimum Gasteiger partial charge on any atom is -0.497 e. The maximum Gasteiger partial charge on any atom is 0.230 e. The first-order valence-corrected chi connectivity index (χ1v) is 7.94. The molecule has 7 heteroatoms. The van der Waals surface area contributed by atoms with Gasteiger partial charge in [0.2, 0.25) is 11.0 Å². The third-order valence-electron chi connectivity index (χ3n) is 3.30. The molecule has 0 aliphatic heterocycles. The number of carbonyl (C=O) groups excluding carboxylic acids is 1. The zero-order valence-electron chi connectivity index (χ0n) is 12.8. The largest absolute Gasteiger partial charge is 0.497 e. The second kappa shape index (κ2) is 7.18. The Morgan fingerprint density at radius 3 is 2.54 bits per heavy atom. The predicted molar refractivity (Wildman–Crippen MR) is 90.6 cm³/mol. The number of aromatic nitrogens is 2. The summed E-state index contributed by atoms with van der Waals surface area (Å²) in [5.74, 6) is 0.705. The van der Waals surface area contributed by atoms with Crippen molar-refractivity contribution in [1.29, 1.82) is 0 Å². The van der Waals surface area contributed by atoms with E-state index in [9.17, 15) is 9.18 Å². The fourth-order valence-corrected chi connectivity index (χ4v) is 2.69. The molecule has 3 rings (SSSR count). The molecule has 2 aromatic carbocycles. The Hall–Kier alpha value is -2.80. The quantitative estimate of drug-likeness (QED) is 0.770. The zero-order chi connectivity index (χ0) is 16.9. The molecular formula is C17H14FN3O2S. The maximum atomic E-state index is 12.9. The van der Waals surface area contributed by atoms with Crippen LogP contribution in [0.2, 0.25) is 0 Å². The van der Waals surface area contributed by atoms with Crippen molar-refractivity contribution in [1.82, 2.24) is 9.36 Å². The molecule has 0 aliphatic rings. The molecule has 0 aliphatic carbocycles. The minimum absolute atomic E-state index is 0.179. The maximum absolute atomic E-state index is 12.9. The van der Waals surface area contributed by atoms with Gasteiger partial charge in [-0.2, -0.15) is 9.36 Å². The molecule has 1 heterocycles. The lowest BCUT2D eigenvalue weighted by molar-refractivity contribution is -0.115. The van der Waals surface area contributed by atoms with Crippen molar-refractivity contribution in [3.8, 4) is 17.1 Å². The standard InChI is InChI=1S/C17H14FN3O2S/c1-23-14-8-2-11(3-9-14)10-15(22)19-17-20-16(21-24-17)12-4-6-13(18)7-5-12/h2-9H,10H2,1H3,(H,19,20,21,22). The molecule has 122 valence electrons.